The van der Waals surface area contributed by atoms with Gasteiger partial charge in [0, 0.05) is 24.0 Å². The number of rotatable bonds is 3. The third-order valence-corrected chi connectivity index (χ3v) is 4.86. The zero-order valence-electron chi connectivity index (χ0n) is 11.9. The van der Waals surface area contributed by atoms with E-state index in [4.69, 9.17) is 16.7 Å². The van der Waals surface area contributed by atoms with Crippen LogP contribution in [0.4, 0.5) is 0 Å². The quantitative estimate of drug-likeness (QED) is 0.895. The number of hydrogen-bond donors (Lipinski definition) is 1. The van der Waals surface area contributed by atoms with Crippen LogP contribution in [0.5, 0.6) is 0 Å². The smallest absolute Gasteiger partial charge is 0.308 e. The Morgan fingerprint density at radius 3 is 2.74 bits per heavy atom. The van der Waals surface area contributed by atoms with Crippen LogP contribution in [0, 0.1) is 5.92 Å². The van der Waals surface area contributed by atoms with Gasteiger partial charge >= 0.3 is 5.97 Å². The molecule has 1 amide bonds. The highest BCUT2D eigenvalue weighted by atomic mass is 35.5. The van der Waals surface area contributed by atoms with E-state index in [1.807, 2.05) is 18.2 Å². The molecule has 1 N–H and O–H groups in total. The Hall–Kier alpha value is -1.63. The van der Waals surface area contributed by atoms with Gasteiger partial charge in [-0.25, -0.2) is 4.98 Å². The molecule has 0 bridgehead atoms. The van der Waals surface area contributed by atoms with E-state index >= 15 is 0 Å². The summed E-state index contributed by atoms with van der Waals surface area (Å²) in [7, 11) is 0. The van der Waals surface area contributed by atoms with Gasteiger partial charge < -0.3 is 10.0 Å². The fourth-order valence-corrected chi connectivity index (χ4v) is 3.55. The average molecular weight is 373 g/mol. The van der Waals surface area contributed by atoms with E-state index in [1.54, 1.807) is 16.3 Å². The minimum Gasteiger partial charge on any atom is -0.481 e. The van der Waals surface area contributed by atoms with Crippen LogP contribution in [0.2, 0.25) is 5.02 Å². The number of benzene rings is 1. The Morgan fingerprint density at radius 1 is 1.35 bits per heavy atom. The van der Waals surface area contributed by atoms with Crippen molar-refractivity contribution >= 4 is 47.2 Å². The van der Waals surface area contributed by atoms with Gasteiger partial charge in [0.15, 0.2) is 0 Å². The van der Waals surface area contributed by atoms with Crippen LogP contribution in [-0.4, -0.2) is 40.0 Å². The largest absolute Gasteiger partial charge is 0.481 e. The van der Waals surface area contributed by atoms with Crippen LogP contribution >= 0.6 is 35.3 Å². The summed E-state index contributed by atoms with van der Waals surface area (Å²) < 4.78 is 0. The van der Waals surface area contributed by atoms with Crippen molar-refractivity contribution in [3.8, 4) is 10.6 Å². The molecule has 2 aromatic rings. The SMILES string of the molecule is Cl.O=C(O)C1CCN(C(=O)c2csc(-c3ccccc3Cl)n2)C1. The minimum atomic E-state index is -0.856. The molecule has 1 aromatic heterocycles. The molecule has 1 unspecified atom stereocenters. The second-order valence-corrected chi connectivity index (χ2v) is 6.36. The van der Waals surface area contributed by atoms with Gasteiger partial charge in [-0.15, -0.1) is 23.7 Å². The lowest BCUT2D eigenvalue weighted by Gasteiger charge is -2.13. The summed E-state index contributed by atoms with van der Waals surface area (Å²) >= 11 is 7.49. The summed E-state index contributed by atoms with van der Waals surface area (Å²) in [5, 5.41) is 12.0. The highest BCUT2D eigenvalue weighted by Crippen LogP contribution is 2.30. The third kappa shape index (κ3) is 3.65. The predicted molar refractivity (Wildman–Crippen MR) is 91.5 cm³/mol. The molecule has 1 fully saturated rings. The normalized spacial score (nSPS) is 16.9. The second-order valence-electron chi connectivity index (χ2n) is 5.09. The molecule has 1 saturated heterocycles. The number of carbonyl (C=O) groups is 2. The van der Waals surface area contributed by atoms with Crippen LogP contribution in [0.15, 0.2) is 29.6 Å². The standard InChI is InChI=1S/C15H13ClN2O3S.ClH/c16-11-4-2-1-3-10(11)13-17-12(8-22-13)14(19)18-6-5-9(7-18)15(20)21;/h1-4,8-9H,5-7H2,(H,20,21);1H. The number of aromatic nitrogens is 1. The van der Waals surface area contributed by atoms with E-state index < -0.39 is 11.9 Å². The molecule has 0 saturated carbocycles. The summed E-state index contributed by atoms with van der Waals surface area (Å²) in [6.45, 7) is 0.696. The highest BCUT2D eigenvalue weighted by Gasteiger charge is 2.32. The van der Waals surface area contributed by atoms with Crippen molar-refractivity contribution in [2.75, 3.05) is 13.1 Å². The molecule has 0 radical (unpaired) electrons. The Bertz CT molecular complexity index is 735. The molecule has 3 rings (SSSR count). The number of aliphatic carboxylic acids is 1. The topological polar surface area (TPSA) is 70.5 Å². The molecule has 0 spiro atoms. The van der Waals surface area contributed by atoms with Crippen molar-refractivity contribution in [1.82, 2.24) is 9.88 Å². The van der Waals surface area contributed by atoms with E-state index in [2.05, 4.69) is 4.98 Å². The van der Waals surface area contributed by atoms with E-state index in [-0.39, 0.29) is 24.9 Å². The van der Waals surface area contributed by atoms with Crippen molar-refractivity contribution in [3.05, 3.63) is 40.4 Å². The fraction of sp³-hybridized carbons (Fsp3) is 0.267. The number of halogens is 2. The zero-order valence-corrected chi connectivity index (χ0v) is 14.3. The number of carboxylic acids is 1. The fourth-order valence-electron chi connectivity index (χ4n) is 2.44. The first-order chi connectivity index (χ1) is 10.6. The number of nitrogens with zero attached hydrogens (tertiary/aromatic N) is 2. The monoisotopic (exact) mass is 372 g/mol. The first kappa shape index (κ1) is 17.7. The lowest BCUT2D eigenvalue weighted by molar-refractivity contribution is -0.141. The van der Waals surface area contributed by atoms with Gasteiger partial charge in [0.2, 0.25) is 0 Å². The molecule has 8 heteroatoms. The number of hydrogen-bond acceptors (Lipinski definition) is 4. The van der Waals surface area contributed by atoms with Gasteiger partial charge in [-0.2, -0.15) is 0 Å². The van der Waals surface area contributed by atoms with Crippen LogP contribution in [0.1, 0.15) is 16.9 Å². The van der Waals surface area contributed by atoms with Crippen molar-refractivity contribution in [3.63, 3.8) is 0 Å². The molecule has 23 heavy (non-hydrogen) atoms. The van der Waals surface area contributed by atoms with Crippen molar-refractivity contribution in [2.45, 2.75) is 6.42 Å². The van der Waals surface area contributed by atoms with E-state index in [0.717, 1.165) is 5.56 Å². The summed E-state index contributed by atoms with van der Waals surface area (Å²) in [5.41, 5.74) is 1.13. The zero-order chi connectivity index (χ0) is 15.7. The highest BCUT2D eigenvalue weighted by molar-refractivity contribution is 7.13. The first-order valence-electron chi connectivity index (χ1n) is 6.79. The van der Waals surface area contributed by atoms with E-state index in [1.165, 1.54) is 11.3 Å². The van der Waals surface area contributed by atoms with Gasteiger partial charge in [0.05, 0.1) is 10.9 Å². The average Bonchev–Trinajstić information content (AvgIpc) is 3.17. The van der Waals surface area contributed by atoms with Crippen molar-refractivity contribution < 1.29 is 14.7 Å². The number of thiazole rings is 1. The number of amides is 1. The van der Waals surface area contributed by atoms with Crippen molar-refractivity contribution in [2.24, 2.45) is 5.92 Å². The molecule has 1 aliphatic rings. The lowest BCUT2D eigenvalue weighted by atomic mass is 10.1. The lowest BCUT2D eigenvalue weighted by Crippen LogP contribution is -2.30. The molecule has 122 valence electrons. The maximum atomic E-state index is 12.4. The molecular weight excluding hydrogens is 359 g/mol. The minimum absolute atomic E-state index is 0. The maximum absolute atomic E-state index is 12.4. The maximum Gasteiger partial charge on any atom is 0.308 e. The Labute approximate surface area is 148 Å². The molecule has 1 aliphatic heterocycles. The van der Waals surface area contributed by atoms with Gasteiger partial charge in [-0.3, -0.25) is 9.59 Å². The third-order valence-electron chi connectivity index (χ3n) is 3.65. The van der Waals surface area contributed by atoms with Crippen LogP contribution in [0.25, 0.3) is 10.6 Å². The van der Waals surface area contributed by atoms with E-state index in [0.29, 0.717) is 28.7 Å². The molecule has 1 aromatic carbocycles. The predicted octanol–water partition coefficient (Wildman–Crippen LogP) is 3.43. The number of carbonyl (C=O) groups excluding carboxylic acids is 1. The first-order valence-corrected chi connectivity index (χ1v) is 8.04. The molecule has 5 nitrogen and oxygen atoms in total. The summed E-state index contributed by atoms with van der Waals surface area (Å²) in [4.78, 5) is 29.3. The molecule has 2 heterocycles. The van der Waals surface area contributed by atoms with Gasteiger partial charge in [-0.05, 0) is 12.5 Å². The van der Waals surface area contributed by atoms with Crippen LogP contribution < -0.4 is 0 Å². The second kappa shape index (κ2) is 7.29. The van der Waals surface area contributed by atoms with Gasteiger partial charge in [0.1, 0.15) is 10.7 Å². The molecule has 1 atom stereocenters. The van der Waals surface area contributed by atoms with Crippen molar-refractivity contribution in [1.29, 1.82) is 0 Å². The summed E-state index contributed by atoms with van der Waals surface area (Å²) in [6, 6.07) is 7.33. The summed E-state index contributed by atoms with van der Waals surface area (Å²) in [5.74, 6) is -1.56. The molecular formula is C15H14Cl2N2O3S. The number of carboxylic acid groups (broad SMARTS) is 1. The van der Waals surface area contributed by atoms with Crippen LogP contribution in [-0.2, 0) is 4.79 Å². The van der Waals surface area contributed by atoms with Gasteiger partial charge in [0.25, 0.3) is 5.91 Å². The Kier molecular flexibility index (Phi) is 5.62. The van der Waals surface area contributed by atoms with E-state index in [9.17, 15) is 9.59 Å². The van der Waals surface area contributed by atoms with Gasteiger partial charge in [-0.1, -0.05) is 29.8 Å². The Morgan fingerprint density at radius 2 is 2.09 bits per heavy atom. The Balaban J connectivity index is 0.00000192. The summed E-state index contributed by atoms with van der Waals surface area (Å²) in [6.07, 6.45) is 0.489. The number of likely N-dealkylation sites (tertiary alicyclic amines) is 1. The molecule has 0 aliphatic carbocycles. The van der Waals surface area contributed by atoms with Crippen LogP contribution in [0.3, 0.4) is 0 Å².